The number of carboxylic acids is 1. The third kappa shape index (κ3) is 7.29. The SMILES string of the molecule is CN(C)C(=O)COC1CN(C2CCOCC2)Cc2cccn2C1.O=C(O)C(F)(F)F. The second kappa shape index (κ2) is 10.8. The smallest absolute Gasteiger partial charge is 0.475 e. The molecule has 0 aliphatic carbocycles. The molecule has 1 atom stereocenters. The van der Waals surface area contributed by atoms with Crippen LogP contribution in [0.15, 0.2) is 18.3 Å². The molecule has 1 aromatic rings. The van der Waals surface area contributed by atoms with E-state index in [0.29, 0.717) is 6.04 Å². The van der Waals surface area contributed by atoms with E-state index in [4.69, 9.17) is 19.4 Å². The Morgan fingerprint density at radius 1 is 1.27 bits per heavy atom. The molecule has 30 heavy (non-hydrogen) atoms. The highest BCUT2D eigenvalue weighted by atomic mass is 19.4. The van der Waals surface area contributed by atoms with Crippen molar-refractivity contribution >= 4 is 11.9 Å². The molecule has 0 spiro atoms. The van der Waals surface area contributed by atoms with Crippen molar-refractivity contribution in [3.63, 3.8) is 0 Å². The number of likely N-dealkylation sites (N-methyl/N-ethyl adjacent to an activating group) is 1. The van der Waals surface area contributed by atoms with Crippen LogP contribution in [-0.2, 0) is 32.2 Å². The van der Waals surface area contributed by atoms with E-state index < -0.39 is 12.1 Å². The van der Waals surface area contributed by atoms with E-state index in [2.05, 4.69) is 27.8 Å². The van der Waals surface area contributed by atoms with Crippen LogP contribution in [0.25, 0.3) is 0 Å². The van der Waals surface area contributed by atoms with Crippen molar-refractivity contribution in [3.8, 4) is 0 Å². The van der Waals surface area contributed by atoms with Crippen molar-refractivity contribution in [2.24, 2.45) is 0 Å². The first kappa shape index (κ1) is 24.2. The summed E-state index contributed by atoms with van der Waals surface area (Å²) in [4.78, 5) is 24.8. The maximum absolute atomic E-state index is 11.8. The highest BCUT2D eigenvalue weighted by molar-refractivity contribution is 5.76. The van der Waals surface area contributed by atoms with Gasteiger partial charge in [-0.3, -0.25) is 9.69 Å². The molecule has 1 saturated heterocycles. The fourth-order valence-electron chi connectivity index (χ4n) is 3.33. The Bertz CT molecular complexity index is 702. The number of aliphatic carboxylic acids is 1. The van der Waals surface area contributed by atoms with Crippen LogP contribution in [0, 0.1) is 0 Å². The summed E-state index contributed by atoms with van der Waals surface area (Å²) in [6, 6.07) is 4.81. The minimum Gasteiger partial charge on any atom is -0.475 e. The molecule has 1 aromatic heterocycles. The summed E-state index contributed by atoms with van der Waals surface area (Å²) in [5.41, 5.74) is 1.32. The van der Waals surface area contributed by atoms with Crippen molar-refractivity contribution in [3.05, 3.63) is 24.0 Å². The number of halogens is 3. The van der Waals surface area contributed by atoms with Gasteiger partial charge in [-0.25, -0.2) is 4.79 Å². The van der Waals surface area contributed by atoms with Gasteiger partial charge in [0, 0.05) is 64.9 Å². The number of carboxylic acid groups (broad SMARTS) is 1. The lowest BCUT2D eigenvalue weighted by molar-refractivity contribution is -0.192. The van der Waals surface area contributed by atoms with Crippen molar-refractivity contribution < 1.29 is 37.3 Å². The molecule has 2 aliphatic heterocycles. The predicted octanol–water partition coefficient (Wildman–Crippen LogP) is 1.59. The van der Waals surface area contributed by atoms with Gasteiger partial charge in [-0.15, -0.1) is 0 Å². The van der Waals surface area contributed by atoms with Crippen LogP contribution in [0.2, 0.25) is 0 Å². The quantitative estimate of drug-likeness (QED) is 0.774. The molecule has 11 heteroatoms. The largest absolute Gasteiger partial charge is 0.490 e. The summed E-state index contributed by atoms with van der Waals surface area (Å²) in [7, 11) is 3.52. The summed E-state index contributed by atoms with van der Waals surface area (Å²) >= 11 is 0. The van der Waals surface area contributed by atoms with Crippen molar-refractivity contribution in [2.45, 2.75) is 44.3 Å². The third-order valence-electron chi connectivity index (χ3n) is 5.02. The van der Waals surface area contributed by atoms with E-state index in [1.165, 1.54) is 5.69 Å². The Morgan fingerprint density at radius 3 is 2.47 bits per heavy atom. The molecule has 3 rings (SSSR count). The van der Waals surface area contributed by atoms with E-state index in [-0.39, 0.29) is 18.6 Å². The van der Waals surface area contributed by atoms with Crippen molar-refractivity contribution in [1.29, 1.82) is 0 Å². The van der Waals surface area contributed by atoms with Crippen LogP contribution < -0.4 is 0 Å². The van der Waals surface area contributed by atoms with Crippen LogP contribution in [0.5, 0.6) is 0 Å². The van der Waals surface area contributed by atoms with Gasteiger partial charge in [0.1, 0.15) is 6.61 Å². The summed E-state index contributed by atoms with van der Waals surface area (Å²) in [6.07, 6.45) is -0.795. The molecule has 170 valence electrons. The second-order valence-electron chi connectivity index (χ2n) is 7.45. The van der Waals surface area contributed by atoms with Gasteiger partial charge in [0.15, 0.2) is 0 Å². The number of aromatic nitrogens is 1. The molecular formula is C19H28F3N3O5. The molecule has 8 nitrogen and oxygen atoms in total. The van der Waals surface area contributed by atoms with Crippen LogP contribution in [-0.4, -0.2) is 90.1 Å². The van der Waals surface area contributed by atoms with E-state index in [9.17, 15) is 18.0 Å². The van der Waals surface area contributed by atoms with Gasteiger partial charge in [-0.1, -0.05) is 0 Å². The lowest BCUT2D eigenvalue weighted by atomic mass is 10.1. The highest BCUT2D eigenvalue weighted by Crippen LogP contribution is 2.22. The molecule has 1 N–H and O–H groups in total. The number of amides is 1. The number of hydrogen-bond acceptors (Lipinski definition) is 5. The molecule has 1 amide bonds. The highest BCUT2D eigenvalue weighted by Gasteiger charge is 2.38. The number of rotatable bonds is 4. The number of hydrogen-bond donors (Lipinski definition) is 1. The first-order chi connectivity index (χ1) is 14.1. The molecule has 0 bridgehead atoms. The molecule has 0 aromatic carbocycles. The number of fused-ring (bicyclic) bond motifs is 1. The van der Waals surface area contributed by atoms with Crippen molar-refractivity contribution in [2.75, 3.05) is 40.5 Å². The Hall–Kier alpha value is -2.11. The van der Waals surface area contributed by atoms with Crippen LogP contribution in [0.3, 0.4) is 0 Å². The first-order valence-electron chi connectivity index (χ1n) is 9.65. The van der Waals surface area contributed by atoms with Gasteiger partial charge < -0.3 is 24.0 Å². The van der Waals surface area contributed by atoms with Gasteiger partial charge in [-0.05, 0) is 25.0 Å². The Labute approximate surface area is 173 Å². The number of carbonyl (C=O) groups is 2. The fraction of sp³-hybridized carbons (Fsp3) is 0.684. The van der Waals surface area contributed by atoms with Gasteiger partial charge in [-0.2, -0.15) is 13.2 Å². The van der Waals surface area contributed by atoms with Gasteiger partial charge in [0.05, 0.1) is 6.10 Å². The van der Waals surface area contributed by atoms with Crippen LogP contribution >= 0.6 is 0 Å². The van der Waals surface area contributed by atoms with E-state index in [1.807, 2.05) is 0 Å². The molecule has 1 unspecified atom stereocenters. The minimum absolute atomic E-state index is 0.0135. The minimum atomic E-state index is -5.08. The lowest BCUT2D eigenvalue weighted by Crippen LogP contribution is -2.43. The normalized spacial score (nSPS) is 20.5. The molecule has 3 heterocycles. The predicted molar refractivity (Wildman–Crippen MR) is 101 cm³/mol. The molecule has 0 saturated carbocycles. The number of ether oxygens (including phenoxy) is 2. The van der Waals surface area contributed by atoms with E-state index in [1.54, 1.807) is 19.0 Å². The fourth-order valence-corrected chi connectivity index (χ4v) is 3.33. The Balaban J connectivity index is 0.000000396. The van der Waals surface area contributed by atoms with Gasteiger partial charge in [0.2, 0.25) is 5.91 Å². The van der Waals surface area contributed by atoms with Gasteiger partial charge >= 0.3 is 12.1 Å². The summed E-state index contributed by atoms with van der Waals surface area (Å²) in [5, 5.41) is 7.12. The first-order valence-corrected chi connectivity index (χ1v) is 9.65. The third-order valence-corrected chi connectivity index (χ3v) is 5.02. The average molecular weight is 435 g/mol. The monoisotopic (exact) mass is 435 g/mol. The number of alkyl halides is 3. The number of carbonyl (C=O) groups excluding carboxylic acids is 1. The molecular weight excluding hydrogens is 407 g/mol. The Kier molecular flexibility index (Phi) is 8.68. The average Bonchev–Trinajstić information content (AvgIpc) is 3.04. The summed E-state index contributed by atoms with van der Waals surface area (Å²) in [5.74, 6) is -2.74. The molecule has 1 fully saturated rings. The Morgan fingerprint density at radius 2 is 1.90 bits per heavy atom. The maximum atomic E-state index is 11.8. The molecule has 2 aliphatic rings. The topological polar surface area (TPSA) is 84.2 Å². The van der Waals surface area contributed by atoms with E-state index in [0.717, 1.165) is 45.7 Å². The second-order valence-corrected chi connectivity index (χ2v) is 7.45. The lowest BCUT2D eigenvalue weighted by Gasteiger charge is -2.34. The number of nitrogens with zero attached hydrogens (tertiary/aromatic N) is 3. The zero-order chi connectivity index (χ0) is 22.3. The summed E-state index contributed by atoms with van der Waals surface area (Å²) in [6.45, 7) is 4.45. The van der Waals surface area contributed by atoms with Crippen LogP contribution in [0.1, 0.15) is 18.5 Å². The zero-order valence-electron chi connectivity index (χ0n) is 17.1. The molecule has 0 radical (unpaired) electrons. The standard InChI is InChI=1S/C17H27N3O3.C2HF3O2/c1-18(2)17(21)13-23-16-11-19-7-3-4-15(19)10-20(12-16)14-5-8-22-9-6-14;3-2(4,5)1(6)7/h3-4,7,14,16H,5-6,8-13H2,1-2H3;(H,6,7). The van der Waals surface area contributed by atoms with Gasteiger partial charge in [0.25, 0.3) is 0 Å². The summed E-state index contributed by atoms with van der Waals surface area (Å²) < 4.78 is 45.4. The van der Waals surface area contributed by atoms with Crippen molar-refractivity contribution in [1.82, 2.24) is 14.4 Å². The van der Waals surface area contributed by atoms with E-state index >= 15 is 0 Å². The maximum Gasteiger partial charge on any atom is 0.490 e. The zero-order valence-corrected chi connectivity index (χ0v) is 17.1. The van der Waals surface area contributed by atoms with Crippen LogP contribution in [0.4, 0.5) is 13.2 Å².